The average Bonchev–Trinajstić information content (AvgIpc) is 2.39. The van der Waals surface area contributed by atoms with E-state index in [-0.39, 0.29) is 5.89 Å². The Bertz CT molecular complexity index is 524. The topological polar surface area (TPSA) is 0 Å². The summed E-state index contributed by atoms with van der Waals surface area (Å²) in [4.78, 5) is 0. The van der Waals surface area contributed by atoms with Gasteiger partial charge in [0.1, 0.15) is 0 Å². The summed E-state index contributed by atoms with van der Waals surface area (Å²) in [6.45, 7) is 0. The van der Waals surface area contributed by atoms with Gasteiger partial charge in [0.25, 0.3) is 0 Å². The van der Waals surface area contributed by atoms with Gasteiger partial charge in [0.2, 0.25) is 0 Å². The molecule has 0 radical (unpaired) electrons. The molecule has 1 saturated carbocycles. The van der Waals surface area contributed by atoms with E-state index in [0.717, 1.165) is 12.8 Å². The Hall–Kier alpha value is -1.30. The number of rotatable bonds is 1. The molecule has 16 heavy (non-hydrogen) atoms. The molecule has 1 aliphatic carbocycles. The lowest BCUT2D eigenvalue weighted by molar-refractivity contribution is 0.444. The van der Waals surface area contributed by atoms with Gasteiger partial charge >= 0.3 is 0 Å². The molecule has 1 aliphatic rings. The van der Waals surface area contributed by atoms with Crippen LogP contribution >= 0.6 is 0 Å². The van der Waals surface area contributed by atoms with Crippen molar-refractivity contribution in [2.75, 3.05) is 0 Å². The van der Waals surface area contributed by atoms with Gasteiger partial charge in [-0.25, -0.2) is 0 Å². The highest BCUT2D eigenvalue weighted by Gasteiger charge is 2.15. The number of hydrogen-bond donors (Lipinski definition) is 0. The van der Waals surface area contributed by atoms with Crippen LogP contribution in [-0.2, 0) is 0 Å². The van der Waals surface area contributed by atoms with Crippen LogP contribution in [0.4, 0.5) is 0 Å². The van der Waals surface area contributed by atoms with E-state index in [2.05, 4.69) is 42.5 Å². The summed E-state index contributed by atoms with van der Waals surface area (Å²) in [6.07, 6.45) is 5.75. The maximum atomic E-state index is 8.64. The molecular formula is C16H18. The van der Waals surface area contributed by atoms with Crippen molar-refractivity contribution in [2.24, 2.45) is 0 Å². The Morgan fingerprint density at radius 3 is 2.44 bits per heavy atom. The fraction of sp³-hybridized carbons (Fsp3) is 0.375. The molecule has 2 aromatic rings. The van der Waals surface area contributed by atoms with Gasteiger partial charge in [-0.05, 0) is 35.1 Å². The lowest BCUT2D eigenvalue weighted by atomic mass is 9.83. The van der Waals surface area contributed by atoms with E-state index in [1.54, 1.807) is 0 Å². The monoisotopic (exact) mass is 211 g/mol. The summed E-state index contributed by atoms with van der Waals surface area (Å²) in [5.41, 5.74) is 1.20. The van der Waals surface area contributed by atoms with Crippen molar-refractivity contribution in [3.05, 3.63) is 48.0 Å². The lowest BCUT2D eigenvalue weighted by Gasteiger charge is -2.22. The highest BCUT2D eigenvalue weighted by Crippen LogP contribution is 2.33. The minimum Gasteiger partial charge on any atom is -0.0616 e. The van der Waals surface area contributed by atoms with Crippen molar-refractivity contribution < 1.29 is 1.37 Å². The first kappa shape index (κ1) is 8.81. The van der Waals surface area contributed by atoms with Crippen LogP contribution in [0.2, 0.25) is 0 Å². The Kier molecular flexibility index (Phi) is 2.36. The van der Waals surface area contributed by atoms with Crippen molar-refractivity contribution in [2.45, 2.75) is 38.0 Å². The van der Waals surface area contributed by atoms with Crippen LogP contribution in [0.5, 0.6) is 0 Å². The van der Waals surface area contributed by atoms with Crippen LogP contribution in [0.3, 0.4) is 0 Å². The second-order valence-corrected chi connectivity index (χ2v) is 4.73. The second kappa shape index (κ2) is 4.29. The normalized spacial score (nSPS) is 20.6. The number of hydrogen-bond acceptors (Lipinski definition) is 0. The van der Waals surface area contributed by atoms with Crippen LogP contribution in [0, 0.1) is 0 Å². The molecule has 0 heteroatoms. The van der Waals surface area contributed by atoms with Crippen LogP contribution in [0.25, 0.3) is 10.8 Å². The third kappa shape index (κ3) is 1.84. The molecule has 0 atom stereocenters. The van der Waals surface area contributed by atoms with Crippen LogP contribution in [-0.4, -0.2) is 0 Å². The van der Waals surface area contributed by atoms with Crippen molar-refractivity contribution >= 4 is 10.8 Å². The van der Waals surface area contributed by atoms with E-state index >= 15 is 0 Å². The first-order chi connectivity index (χ1) is 8.28. The Labute approximate surface area is 98.7 Å². The van der Waals surface area contributed by atoms with Gasteiger partial charge in [-0.2, -0.15) is 0 Å². The first-order valence-electron chi connectivity index (χ1n) is 6.77. The van der Waals surface area contributed by atoms with Gasteiger partial charge in [-0.15, -0.1) is 0 Å². The summed E-state index contributed by atoms with van der Waals surface area (Å²) in [5.74, 6) is -0.331. The second-order valence-electron chi connectivity index (χ2n) is 4.73. The third-order valence-corrected chi connectivity index (χ3v) is 3.61. The molecule has 0 amide bonds. The zero-order chi connectivity index (χ0) is 11.7. The largest absolute Gasteiger partial charge is 0.0616 e. The maximum Gasteiger partial charge on any atom is 0.0352 e. The van der Waals surface area contributed by atoms with Crippen LogP contribution in [0.15, 0.2) is 42.5 Å². The highest BCUT2D eigenvalue weighted by molar-refractivity contribution is 5.83. The van der Waals surface area contributed by atoms with E-state index in [1.165, 1.54) is 35.6 Å². The van der Waals surface area contributed by atoms with E-state index in [4.69, 9.17) is 1.37 Å². The summed E-state index contributed by atoms with van der Waals surface area (Å²) in [6, 6.07) is 15.0. The van der Waals surface area contributed by atoms with Gasteiger partial charge in [0, 0.05) is 1.37 Å². The standard InChI is InChI=1S/C16H18/c1-2-6-13(7-3-1)16-11-10-14-8-4-5-9-15(14)12-16/h4-5,8-13H,1-3,6-7H2/i13D. The quantitative estimate of drug-likeness (QED) is 0.630. The fourth-order valence-electron chi connectivity index (χ4n) is 2.68. The molecule has 0 bridgehead atoms. The molecule has 0 aromatic heterocycles. The van der Waals surface area contributed by atoms with Crippen LogP contribution in [0.1, 0.15) is 44.9 Å². The van der Waals surface area contributed by atoms with Gasteiger partial charge in [0.05, 0.1) is 0 Å². The Morgan fingerprint density at radius 1 is 0.875 bits per heavy atom. The van der Waals surface area contributed by atoms with Crippen LogP contribution < -0.4 is 0 Å². The molecule has 0 aliphatic heterocycles. The molecule has 0 saturated heterocycles. The molecule has 3 rings (SSSR count). The molecular weight excluding hydrogens is 192 g/mol. The van der Waals surface area contributed by atoms with Gasteiger partial charge in [0.15, 0.2) is 0 Å². The molecule has 0 unspecified atom stereocenters. The van der Waals surface area contributed by atoms with E-state index < -0.39 is 0 Å². The minimum atomic E-state index is -0.331. The van der Waals surface area contributed by atoms with E-state index in [0.29, 0.717) is 0 Å². The molecule has 1 fully saturated rings. The summed E-state index contributed by atoms with van der Waals surface area (Å²) in [7, 11) is 0. The SMILES string of the molecule is [2H]C1(c2ccc3ccccc3c2)CCCCC1. The van der Waals surface area contributed by atoms with Crippen molar-refractivity contribution in [1.29, 1.82) is 0 Å². The fourth-order valence-corrected chi connectivity index (χ4v) is 2.68. The van der Waals surface area contributed by atoms with Gasteiger partial charge in [-0.3, -0.25) is 0 Å². The highest BCUT2D eigenvalue weighted by atomic mass is 14.2. The molecule has 0 N–H and O–H groups in total. The number of fused-ring (bicyclic) bond motifs is 1. The summed E-state index contributed by atoms with van der Waals surface area (Å²) >= 11 is 0. The average molecular weight is 211 g/mol. The van der Waals surface area contributed by atoms with Crippen molar-refractivity contribution in [1.82, 2.24) is 0 Å². The molecule has 0 nitrogen and oxygen atoms in total. The Morgan fingerprint density at radius 2 is 1.62 bits per heavy atom. The molecule has 2 aromatic carbocycles. The first-order valence-corrected chi connectivity index (χ1v) is 6.27. The predicted molar refractivity (Wildman–Crippen MR) is 69.8 cm³/mol. The van der Waals surface area contributed by atoms with Crippen molar-refractivity contribution in [3.63, 3.8) is 0 Å². The van der Waals surface area contributed by atoms with E-state index in [9.17, 15) is 0 Å². The molecule has 82 valence electrons. The maximum absolute atomic E-state index is 8.64. The lowest BCUT2D eigenvalue weighted by Crippen LogP contribution is -2.04. The van der Waals surface area contributed by atoms with Crippen molar-refractivity contribution in [3.8, 4) is 0 Å². The Balaban J connectivity index is 2.05. The number of benzene rings is 2. The summed E-state index contributed by atoms with van der Waals surface area (Å²) < 4.78 is 8.64. The third-order valence-electron chi connectivity index (χ3n) is 3.61. The zero-order valence-corrected chi connectivity index (χ0v) is 9.58. The smallest absolute Gasteiger partial charge is 0.0352 e. The van der Waals surface area contributed by atoms with Gasteiger partial charge < -0.3 is 0 Å². The predicted octanol–water partition coefficient (Wildman–Crippen LogP) is 4.89. The summed E-state index contributed by atoms with van der Waals surface area (Å²) in [5, 5.41) is 2.54. The zero-order valence-electron chi connectivity index (χ0n) is 10.6. The molecule has 0 heterocycles. The molecule has 0 spiro atoms. The van der Waals surface area contributed by atoms with Gasteiger partial charge in [-0.1, -0.05) is 61.7 Å². The minimum absolute atomic E-state index is 0.331. The van der Waals surface area contributed by atoms with E-state index in [1.807, 2.05) is 0 Å².